The summed E-state index contributed by atoms with van der Waals surface area (Å²) in [6.07, 6.45) is 0. The van der Waals surface area contributed by atoms with E-state index in [1.54, 1.807) is 19.1 Å². The molecule has 0 aliphatic heterocycles. The van der Waals surface area contributed by atoms with Gasteiger partial charge in [-0.2, -0.15) is 0 Å². The Hall–Kier alpha value is -2.69. The highest BCUT2D eigenvalue weighted by Gasteiger charge is 2.15. The maximum Gasteiger partial charge on any atom is 0.336 e. The van der Waals surface area contributed by atoms with E-state index in [2.05, 4.69) is 5.32 Å². The van der Waals surface area contributed by atoms with Gasteiger partial charge < -0.3 is 10.4 Å². The summed E-state index contributed by atoms with van der Waals surface area (Å²) in [7, 11) is 0. The molecule has 0 saturated carbocycles. The van der Waals surface area contributed by atoms with Crippen molar-refractivity contribution in [1.82, 2.24) is 0 Å². The first kappa shape index (κ1) is 13.7. The van der Waals surface area contributed by atoms with Crippen LogP contribution in [0.5, 0.6) is 0 Å². The minimum absolute atomic E-state index is 0.0574. The first-order valence-corrected chi connectivity index (χ1v) is 5.89. The predicted molar refractivity (Wildman–Crippen MR) is 72.5 cm³/mol. The Morgan fingerprint density at radius 1 is 1.10 bits per heavy atom. The van der Waals surface area contributed by atoms with Crippen LogP contribution in [0, 0.1) is 12.7 Å². The van der Waals surface area contributed by atoms with Crippen molar-refractivity contribution in [1.29, 1.82) is 0 Å². The summed E-state index contributed by atoms with van der Waals surface area (Å²) in [6, 6.07) is 10.1. The van der Waals surface area contributed by atoms with Gasteiger partial charge in [0.15, 0.2) is 0 Å². The third kappa shape index (κ3) is 2.83. The van der Waals surface area contributed by atoms with Gasteiger partial charge in [0.25, 0.3) is 5.91 Å². The number of rotatable bonds is 3. The molecule has 0 aromatic heterocycles. The Morgan fingerprint density at radius 3 is 2.35 bits per heavy atom. The lowest BCUT2D eigenvalue weighted by Crippen LogP contribution is -2.16. The minimum Gasteiger partial charge on any atom is -0.478 e. The molecule has 0 fully saturated rings. The van der Waals surface area contributed by atoms with E-state index in [-0.39, 0.29) is 16.9 Å². The average Bonchev–Trinajstić information content (AvgIpc) is 2.43. The number of benzene rings is 2. The van der Waals surface area contributed by atoms with Crippen LogP contribution < -0.4 is 5.32 Å². The van der Waals surface area contributed by atoms with Gasteiger partial charge in [-0.05, 0) is 42.8 Å². The molecule has 0 aliphatic carbocycles. The maximum atomic E-state index is 13.1. The molecule has 2 N–H and O–H groups in total. The topological polar surface area (TPSA) is 66.4 Å². The molecule has 0 spiro atoms. The van der Waals surface area contributed by atoms with Crippen molar-refractivity contribution in [3.05, 3.63) is 65.0 Å². The van der Waals surface area contributed by atoms with Crippen molar-refractivity contribution >= 4 is 17.6 Å². The van der Waals surface area contributed by atoms with Gasteiger partial charge in [-0.15, -0.1) is 0 Å². The fourth-order valence-electron chi connectivity index (χ4n) is 1.79. The zero-order chi connectivity index (χ0) is 14.7. The number of anilines is 1. The van der Waals surface area contributed by atoms with E-state index in [0.717, 1.165) is 0 Å². The van der Waals surface area contributed by atoms with Crippen LogP contribution in [0.2, 0.25) is 0 Å². The van der Waals surface area contributed by atoms with E-state index in [0.29, 0.717) is 11.3 Å². The summed E-state index contributed by atoms with van der Waals surface area (Å²) < 4.78 is 13.1. The predicted octanol–water partition coefficient (Wildman–Crippen LogP) is 3.08. The smallest absolute Gasteiger partial charge is 0.336 e. The molecule has 2 aromatic rings. The van der Waals surface area contributed by atoms with Gasteiger partial charge in [-0.25, -0.2) is 9.18 Å². The molecule has 0 radical (unpaired) electrons. The maximum absolute atomic E-state index is 13.1. The van der Waals surface area contributed by atoms with Gasteiger partial charge in [0.2, 0.25) is 0 Å². The lowest BCUT2D eigenvalue weighted by molar-refractivity contribution is 0.0692. The van der Waals surface area contributed by atoms with E-state index in [9.17, 15) is 14.0 Å². The Morgan fingerprint density at radius 2 is 1.75 bits per heavy atom. The lowest BCUT2D eigenvalue weighted by Gasteiger charge is -2.08. The van der Waals surface area contributed by atoms with Crippen LogP contribution in [0.4, 0.5) is 10.1 Å². The SMILES string of the molecule is Cc1cc(NC(=O)c2ccccc2C(=O)O)ccc1F. The molecule has 102 valence electrons. The molecule has 0 bridgehead atoms. The summed E-state index contributed by atoms with van der Waals surface area (Å²) in [5, 5.41) is 11.6. The number of aryl methyl sites for hydroxylation is 1. The number of carboxylic acids is 1. The van der Waals surface area contributed by atoms with Crippen molar-refractivity contribution in [3.63, 3.8) is 0 Å². The molecule has 0 saturated heterocycles. The number of halogens is 1. The van der Waals surface area contributed by atoms with E-state index in [1.165, 1.54) is 30.3 Å². The van der Waals surface area contributed by atoms with E-state index >= 15 is 0 Å². The molecule has 2 rings (SSSR count). The van der Waals surface area contributed by atoms with Crippen molar-refractivity contribution in [3.8, 4) is 0 Å². The van der Waals surface area contributed by atoms with E-state index < -0.39 is 11.9 Å². The summed E-state index contributed by atoms with van der Waals surface area (Å²) in [4.78, 5) is 23.1. The summed E-state index contributed by atoms with van der Waals surface area (Å²) in [6.45, 7) is 1.58. The third-order valence-electron chi connectivity index (χ3n) is 2.82. The van der Waals surface area contributed by atoms with E-state index in [4.69, 9.17) is 5.11 Å². The lowest BCUT2D eigenvalue weighted by atomic mass is 10.1. The zero-order valence-electron chi connectivity index (χ0n) is 10.7. The Labute approximate surface area is 114 Å². The Kier molecular flexibility index (Phi) is 3.79. The highest BCUT2D eigenvalue weighted by Crippen LogP contribution is 2.16. The molecule has 0 heterocycles. The fraction of sp³-hybridized carbons (Fsp3) is 0.0667. The van der Waals surface area contributed by atoms with Gasteiger partial charge in [-0.3, -0.25) is 4.79 Å². The molecular formula is C15H12FNO3. The molecule has 1 amide bonds. The molecule has 5 heteroatoms. The van der Waals surface area contributed by atoms with Crippen molar-refractivity contribution in [2.75, 3.05) is 5.32 Å². The van der Waals surface area contributed by atoms with Crippen LogP contribution in [0.25, 0.3) is 0 Å². The first-order chi connectivity index (χ1) is 9.49. The van der Waals surface area contributed by atoms with Gasteiger partial charge in [0.05, 0.1) is 11.1 Å². The number of hydrogen-bond donors (Lipinski definition) is 2. The second kappa shape index (κ2) is 5.52. The second-order valence-electron chi connectivity index (χ2n) is 4.27. The average molecular weight is 273 g/mol. The number of hydrogen-bond acceptors (Lipinski definition) is 2. The fourth-order valence-corrected chi connectivity index (χ4v) is 1.79. The Bertz CT molecular complexity index is 683. The van der Waals surface area contributed by atoms with Crippen LogP contribution in [0.15, 0.2) is 42.5 Å². The minimum atomic E-state index is -1.17. The number of nitrogens with one attached hydrogen (secondary N) is 1. The Balaban J connectivity index is 2.28. The number of aromatic carboxylic acids is 1. The molecule has 0 atom stereocenters. The zero-order valence-corrected chi connectivity index (χ0v) is 10.7. The molecule has 0 unspecified atom stereocenters. The van der Waals surface area contributed by atoms with Gasteiger partial charge >= 0.3 is 5.97 Å². The highest BCUT2D eigenvalue weighted by molar-refractivity contribution is 6.10. The quantitative estimate of drug-likeness (QED) is 0.903. The standard InChI is InChI=1S/C15H12FNO3/c1-9-8-10(6-7-13(9)16)17-14(18)11-4-2-3-5-12(11)15(19)20/h2-8H,1H3,(H,17,18)(H,19,20). The molecule has 0 aliphatic rings. The number of carbonyl (C=O) groups is 2. The molecule has 2 aromatic carbocycles. The van der Waals surface area contributed by atoms with Crippen molar-refractivity contribution in [2.24, 2.45) is 0 Å². The number of carboxylic acid groups (broad SMARTS) is 1. The molecule has 20 heavy (non-hydrogen) atoms. The van der Waals surface area contributed by atoms with Gasteiger partial charge in [-0.1, -0.05) is 12.1 Å². The first-order valence-electron chi connectivity index (χ1n) is 5.89. The largest absolute Gasteiger partial charge is 0.478 e. The van der Waals surface area contributed by atoms with Crippen LogP contribution in [0.1, 0.15) is 26.3 Å². The second-order valence-corrected chi connectivity index (χ2v) is 4.27. The highest BCUT2D eigenvalue weighted by atomic mass is 19.1. The summed E-state index contributed by atoms with van der Waals surface area (Å²) in [5.41, 5.74) is 0.786. The monoisotopic (exact) mass is 273 g/mol. The number of amides is 1. The van der Waals surface area contributed by atoms with Crippen molar-refractivity contribution in [2.45, 2.75) is 6.92 Å². The summed E-state index contributed by atoms with van der Waals surface area (Å²) >= 11 is 0. The summed E-state index contributed by atoms with van der Waals surface area (Å²) in [5.74, 6) is -2.09. The van der Waals surface area contributed by atoms with Crippen LogP contribution in [-0.4, -0.2) is 17.0 Å². The van der Waals surface area contributed by atoms with Gasteiger partial charge in [0, 0.05) is 5.69 Å². The van der Waals surface area contributed by atoms with Crippen LogP contribution in [0.3, 0.4) is 0 Å². The van der Waals surface area contributed by atoms with E-state index in [1.807, 2.05) is 0 Å². The number of carbonyl (C=O) groups excluding carboxylic acids is 1. The molecule has 4 nitrogen and oxygen atoms in total. The van der Waals surface area contributed by atoms with Crippen LogP contribution in [-0.2, 0) is 0 Å². The van der Waals surface area contributed by atoms with Crippen molar-refractivity contribution < 1.29 is 19.1 Å². The normalized spacial score (nSPS) is 10.1. The molecular weight excluding hydrogens is 261 g/mol. The van der Waals surface area contributed by atoms with Crippen LogP contribution >= 0.6 is 0 Å². The van der Waals surface area contributed by atoms with Gasteiger partial charge in [0.1, 0.15) is 5.82 Å². The third-order valence-corrected chi connectivity index (χ3v) is 2.82.